The van der Waals surface area contributed by atoms with Crippen LogP contribution in [0.2, 0.25) is 0 Å². The zero-order valence-electron chi connectivity index (χ0n) is 13.2. The molecule has 3 rings (SSSR count). The molecule has 0 amide bonds. The van der Waals surface area contributed by atoms with Crippen molar-refractivity contribution in [3.63, 3.8) is 0 Å². The van der Waals surface area contributed by atoms with Gasteiger partial charge in [0.1, 0.15) is 0 Å². The SMILES string of the molecule is Cc1cccc(P(c2ccccc2C)c2ccccc2C)n1. The molecule has 0 saturated carbocycles. The van der Waals surface area contributed by atoms with Crippen LogP contribution in [0.15, 0.2) is 66.7 Å². The molecule has 1 heterocycles. The third-order valence-corrected chi connectivity index (χ3v) is 6.49. The molecule has 0 fully saturated rings. The molecular formula is C20H20NP. The van der Waals surface area contributed by atoms with Crippen LogP contribution in [-0.2, 0) is 0 Å². The summed E-state index contributed by atoms with van der Waals surface area (Å²) in [4.78, 5) is 4.84. The van der Waals surface area contributed by atoms with Crippen LogP contribution < -0.4 is 16.0 Å². The van der Waals surface area contributed by atoms with Gasteiger partial charge in [0.05, 0.1) is 5.44 Å². The van der Waals surface area contributed by atoms with E-state index >= 15 is 0 Å². The van der Waals surface area contributed by atoms with Crippen LogP contribution >= 0.6 is 7.92 Å². The summed E-state index contributed by atoms with van der Waals surface area (Å²) in [5.74, 6) is 0. The first-order valence-corrected chi connectivity index (χ1v) is 8.86. The lowest BCUT2D eigenvalue weighted by molar-refractivity contribution is 1.24. The Labute approximate surface area is 133 Å². The molecule has 0 N–H and O–H groups in total. The van der Waals surface area contributed by atoms with Crippen LogP contribution in [-0.4, -0.2) is 4.98 Å². The first-order chi connectivity index (χ1) is 10.7. The van der Waals surface area contributed by atoms with Crippen molar-refractivity contribution in [1.29, 1.82) is 0 Å². The van der Waals surface area contributed by atoms with E-state index in [1.165, 1.54) is 27.2 Å². The molecule has 0 aliphatic heterocycles. The highest BCUT2D eigenvalue weighted by molar-refractivity contribution is 7.79. The summed E-state index contributed by atoms with van der Waals surface area (Å²) in [5, 5.41) is 2.79. The van der Waals surface area contributed by atoms with E-state index in [-0.39, 0.29) is 0 Å². The lowest BCUT2D eigenvalue weighted by Crippen LogP contribution is -2.26. The predicted octanol–water partition coefficient (Wildman–Crippen LogP) is 3.77. The molecule has 0 aliphatic carbocycles. The second kappa shape index (κ2) is 6.42. The van der Waals surface area contributed by atoms with E-state index in [1.54, 1.807) is 0 Å². The highest BCUT2D eigenvalue weighted by atomic mass is 31.1. The largest absolute Gasteiger partial charge is 0.253 e. The lowest BCUT2D eigenvalue weighted by Gasteiger charge is -2.22. The van der Waals surface area contributed by atoms with Gasteiger partial charge < -0.3 is 0 Å². The maximum atomic E-state index is 4.84. The minimum atomic E-state index is -0.615. The average Bonchev–Trinajstić information content (AvgIpc) is 2.51. The molecule has 0 radical (unpaired) electrons. The van der Waals surface area contributed by atoms with Gasteiger partial charge in [-0.1, -0.05) is 54.6 Å². The number of nitrogens with zero attached hydrogens (tertiary/aromatic N) is 1. The minimum Gasteiger partial charge on any atom is -0.253 e. The van der Waals surface area contributed by atoms with Gasteiger partial charge in [0.2, 0.25) is 0 Å². The van der Waals surface area contributed by atoms with Gasteiger partial charge in [-0.25, -0.2) is 0 Å². The van der Waals surface area contributed by atoms with Gasteiger partial charge in [-0.15, -0.1) is 0 Å². The molecule has 2 aromatic carbocycles. The molecule has 0 atom stereocenters. The van der Waals surface area contributed by atoms with Crippen molar-refractivity contribution in [2.45, 2.75) is 20.8 Å². The Balaban J connectivity index is 2.24. The van der Waals surface area contributed by atoms with E-state index in [0.717, 1.165) is 5.69 Å². The first-order valence-electron chi connectivity index (χ1n) is 7.52. The third-order valence-electron chi connectivity index (χ3n) is 3.82. The third kappa shape index (κ3) is 2.96. The fourth-order valence-corrected chi connectivity index (χ4v) is 5.23. The summed E-state index contributed by atoms with van der Waals surface area (Å²) >= 11 is 0. The van der Waals surface area contributed by atoms with Gasteiger partial charge in [-0.3, -0.25) is 4.98 Å². The van der Waals surface area contributed by atoms with Crippen LogP contribution in [0, 0.1) is 20.8 Å². The zero-order chi connectivity index (χ0) is 15.5. The number of aryl methyl sites for hydroxylation is 3. The number of hydrogen-bond acceptors (Lipinski definition) is 1. The van der Waals surface area contributed by atoms with E-state index in [2.05, 4.69) is 87.5 Å². The summed E-state index contributed by atoms with van der Waals surface area (Å²) < 4.78 is 0. The van der Waals surface area contributed by atoms with E-state index in [9.17, 15) is 0 Å². The Bertz CT molecular complexity index is 749. The van der Waals surface area contributed by atoms with Crippen LogP contribution in [0.3, 0.4) is 0 Å². The highest BCUT2D eigenvalue weighted by Gasteiger charge is 2.20. The van der Waals surface area contributed by atoms with E-state index in [1.807, 2.05) is 0 Å². The van der Waals surface area contributed by atoms with Gasteiger partial charge in [0, 0.05) is 13.6 Å². The highest BCUT2D eigenvalue weighted by Crippen LogP contribution is 2.34. The van der Waals surface area contributed by atoms with Crippen molar-refractivity contribution in [3.05, 3.63) is 83.6 Å². The molecule has 0 bridgehead atoms. The summed E-state index contributed by atoms with van der Waals surface area (Å²) in [6, 6.07) is 23.7. The van der Waals surface area contributed by atoms with Gasteiger partial charge in [-0.2, -0.15) is 0 Å². The van der Waals surface area contributed by atoms with Gasteiger partial charge in [-0.05, 0) is 54.6 Å². The van der Waals surface area contributed by atoms with Gasteiger partial charge in [0.15, 0.2) is 0 Å². The van der Waals surface area contributed by atoms with E-state index in [0.29, 0.717) is 0 Å². The molecule has 0 spiro atoms. The van der Waals surface area contributed by atoms with Crippen molar-refractivity contribution in [1.82, 2.24) is 4.98 Å². The Morgan fingerprint density at radius 2 is 1.18 bits per heavy atom. The van der Waals surface area contributed by atoms with Crippen molar-refractivity contribution in [2.24, 2.45) is 0 Å². The summed E-state index contributed by atoms with van der Waals surface area (Å²) in [6.45, 7) is 6.45. The molecule has 22 heavy (non-hydrogen) atoms. The Morgan fingerprint density at radius 3 is 1.68 bits per heavy atom. The number of rotatable bonds is 3. The summed E-state index contributed by atoms with van der Waals surface area (Å²) in [5.41, 5.74) is 4.92. The molecule has 0 unspecified atom stereocenters. The molecule has 1 nitrogen and oxygen atoms in total. The zero-order valence-corrected chi connectivity index (χ0v) is 14.1. The Hall–Kier alpha value is -1.98. The fourth-order valence-electron chi connectivity index (χ4n) is 2.66. The normalized spacial score (nSPS) is 10.9. The quantitative estimate of drug-likeness (QED) is 0.671. The van der Waals surface area contributed by atoms with Crippen molar-refractivity contribution in [3.8, 4) is 0 Å². The minimum absolute atomic E-state index is 0.615. The molecule has 3 aromatic rings. The second-order valence-corrected chi connectivity index (χ2v) is 7.64. The number of aromatic nitrogens is 1. The monoisotopic (exact) mass is 305 g/mol. The fraction of sp³-hybridized carbons (Fsp3) is 0.150. The molecule has 0 saturated heterocycles. The van der Waals surface area contributed by atoms with Crippen molar-refractivity contribution < 1.29 is 0 Å². The maximum absolute atomic E-state index is 4.84. The van der Waals surface area contributed by atoms with E-state index in [4.69, 9.17) is 4.98 Å². The van der Waals surface area contributed by atoms with Crippen molar-refractivity contribution in [2.75, 3.05) is 0 Å². The summed E-state index contributed by atoms with van der Waals surface area (Å²) in [7, 11) is -0.615. The first kappa shape index (κ1) is 14.9. The van der Waals surface area contributed by atoms with Gasteiger partial charge >= 0.3 is 0 Å². The van der Waals surface area contributed by atoms with Crippen LogP contribution in [0.4, 0.5) is 0 Å². The molecule has 2 heteroatoms. The molecule has 110 valence electrons. The molecular weight excluding hydrogens is 285 g/mol. The Morgan fingerprint density at radius 1 is 0.636 bits per heavy atom. The van der Waals surface area contributed by atoms with E-state index < -0.39 is 7.92 Å². The Kier molecular flexibility index (Phi) is 4.36. The second-order valence-electron chi connectivity index (χ2n) is 5.55. The van der Waals surface area contributed by atoms with Crippen molar-refractivity contribution >= 4 is 24.0 Å². The number of pyridine rings is 1. The van der Waals surface area contributed by atoms with Crippen LogP contribution in [0.5, 0.6) is 0 Å². The average molecular weight is 305 g/mol. The standard InChI is InChI=1S/C20H20NP/c1-15-9-4-6-12-18(15)22(19-13-7-5-10-16(19)2)20-14-8-11-17(3)21-20/h4-14H,1-3H3. The predicted molar refractivity (Wildman–Crippen MR) is 97.2 cm³/mol. The number of benzene rings is 2. The molecule has 0 aliphatic rings. The smallest absolute Gasteiger partial charge is 0.0724 e. The van der Waals surface area contributed by atoms with Crippen LogP contribution in [0.1, 0.15) is 16.8 Å². The van der Waals surface area contributed by atoms with Gasteiger partial charge in [0.25, 0.3) is 0 Å². The lowest BCUT2D eigenvalue weighted by atomic mass is 10.2. The number of hydrogen-bond donors (Lipinski definition) is 0. The molecule has 1 aromatic heterocycles. The topological polar surface area (TPSA) is 12.9 Å². The summed E-state index contributed by atoms with van der Waals surface area (Å²) in [6.07, 6.45) is 0. The maximum Gasteiger partial charge on any atom is 0.0724 e. The van der Waals surface area contributed by atoms with Crippen LogP contribution in [0.25, 0.3) is 0 Å².